The van der Waals surface area contributed by atoms with Gasteiger partial charge in [-0.1, -0.05) is 126 Å². The molecular formula is C48H84. The lowest BCUT2D eigenvalue weighted by Crippen LogP contribution is -2.01. The SMILES string of the molecule is CC1=CCC(C)CC1.CC1=CCC(C)CC1.CC1=CCC(C)CC1.CC1=CCC(C)CC1.CC1C=CC(C)CC1.CC1C=CC(C)CC1. The second-order valence-electron chi connectivity index (χ2n) is 17.6. The third kappa shape index (κ3) is 24.6. The molecular weight excluding hydrogens is 577 g/mol. The topological polar surface area (TPSA) is 0 Å². The van der Waals surface area contributed by atoms with Crippen LogP contribution in [0.3, 0.4) is 0 Å². The summed E-state index contributed by atoms with van der Waals surface area (Å²) < 4.78 is 0. The Balaban J connectivity index is 0.000000288. The molecule has 0 aromatic carbocycles. The third-order valence-electron chi connectivity index (χ3n) is 11.3. The fourth-order valence-electron chi connectivity index (χ4n) is 6.58. The normalized spacial score (nSPS) is 32.4. The summed E-state index contributed by atoms with van der Waals surface area (Å²) in [4.78, 5) is 0. The van der Waals surface area contributed by atoms with Crippen molar-refractivity contribution in [3.63, 3.8) is 0 Å². The highest BCUT2D eigenvalue weighted by molar-refractivity contribution is 5.04. The standard InChI is InChI=1S/6C8H14/c6*1-7-3-5-8(2)6-4-7/h4*3,8H,4-6H2,1-2H3;2*3,5,7-8H,4,6H2,1-2H3. The van der Waals surface area contributed by atoms with Gasteiger partial charge in [-0.2, -0.15) is 0 Å². The lowest BCUT2D eigenvalue weighted by molar-refractivity contribution is 0.502. The van der Waals surface area contributed by atoms with Crippen molar-refractivity contribution >= 4 is 0 Å². The van der Waals surface area contributed by atoms with Gasteiger partial charge in [0.15, 0.2) is 0 Å². The van der Waals surface area contributed by atoms with Gasteiger partial charge in [-0.05, 0) is 178 Å². The van der Waals surface area contributed by atoms with Gasteiger partial charge in [-0.3, -0.25) is 0 Å². The molecule has 276 valence electrons. The average Bonchev–Trinajstić information content (AvgIpc) is 3.07. The van der Waals surface area contributed by atoms with Gasteiger partial charge in [0.2, 0.25) is 0 Å². The second kappa shape index (κ2) is 26.3. The Morgan fingerprint density at radius 3 is 0.604 bits per heavy atom. The van der Waals surface area contributed by atoms with Gasteiger partial charge in [0.25, 0.3) is 0 Å². The molecule has 0 fully saturated rings. The molecule has 48 heavy (non-hydrogen) atoms. The lowest BCUT2D eigenvalue weighted by Gasteiger charge is -2.15. The summed E-state index contributed by atoms with van der Waals surface area (Å²) in [6.45, 7) is 27.3. The van der Waals surface area contributed by atoms with E-state index >= 15 is 0 Å². The minimum absolute atomic E-state index is 0.839. The highest BCUT2D eigenvalue weighted by atomic mass is 14.1. The zero-order valence-corrected chi connectivity index (χ0v) is 34.6. The maximum absolute atomic E-state index is 2.37. The number of rotatable bonds is 0. The molecule has 0 spiro atoms. The average molecular weight is 661 g/mol. The van der Waals surface area contributed by atoms with Crippen LogP contribution >= 0.6 is 0 Å². The van der Waals surface area contributed by atoms with Gasteiger partial charge in [-0.25, -0.2) is 0 Å². The minimum atomic E-state index is 0.839. The van der Waals surface area contributed by atoms with E-state index in [9.17, 15) is 0 Å². The summed E-state index contributed by atoms with van der Waals surface area (Å²) in [5, 5.41) is 0. The van der Waals surface area contributed by atoms with E-state index in [-0.39, 0.29) is 0 Å². The first kappa shape index (κ1) is 44.5. The Bertz CT molecular complexity index is 849. The molecule has 0 saturated heterocycles. The van der Waals surface area contributed by atoms with Crippen molar-refractivity contribution in [2.45, 2.75) is 186 Å². The van der Waals surface area contributed by atoms with Gasteiger partial charge in [0.1, 0.15) is 0 Å². The van der Waals surface area contributed by atoms with E-state index in [0.29, 0.717) is 0 Å². The van der Waals surface area contributed by atoms with Gasteiger partial charge in [0, 0.05) is 0 Å². The molecule has 8 unspecified atom stereocenters. The van der Waals surface area contributed by atoms with Gasteiger partial charge >= 0.3 is 0 Å². The van der Waals surface area contributed by atoms with E-state index in [0.717, 1.165) is 47.3 Å². The van der Waals surface area contributed by atoms with Crippen LogP contribution in [0, 0.1) is 47.3 Å². The van der Waals surface area contributed by atoms with Crippen LogP contribution in [-0.2, 0) is 0 Å². The molecule has 0 aromatic heterocycles. The van der Waals surface area contributed by atoms with E-state index in [1.54, 1.807) is 22.3 Å². The Labute approximate surface area is 303 Å². The second-order valence-corrected chi connectivity index (χ2v) is 17.6. The molecule has 0 radical (unpaired) electrons. The van der Waals surface area contributed by atoms with Gasteiger partial charge in [-0.15, -0.1) is 0 Å². The van der Waals surface area contributed by atoms with Crippen LogP contribution < -0.4 is 0 Å². The maximum atomic E-state index is 2.37. The molecule has 0 amide bonds. The first-order chi connectivity index (χ1) is 22.7. The zero-order valence-electron chi connectivity index (χ0n) is 34.6. The number of hydrogen-bond acceptors (Lipinski definition) is 0. The van der Waals surface area contributed by atoms with Crippen molar-refractivity contribution < 1.29 is 0 Å². The fourth-order valence-corrected chi connectivity index (χ4v) is 6.58. The molecule has 0 aromatic rings. The first-order valence-corrected chi connectivity index (χ1v) is 20.7. The Kier molecular flexibility index (Phi) is 24.3. The predicted molar refractivity (Wildman–Crippen MR) is 220 cm³/mol. The van der Waals surface area contributed by atoms with E-state index < -0.39 is 0 Å². The first-order valence-electron chi connectivity index (χ1n) is 20.7. The van der Waals surface area contributed by atoms with Crippen molar-refractivity contribution in [3.05, 3.63) is 70.9 Å². The fraction of sp³-hybridized carbons (Fsp3) is 0.750. The van der Waals surface area contributed by atoms with E-state index in [4.69, 9.17) is 0 Å². The summed E-state index contributed by atoms with van der Waals surface area (Å²) in [6, 6.07) is 0. The summed E-state index contributed by atoms with van der Waals surface area (Å²) in [5.41, 5.74) is 6.34. The summed E-state index contributed by atoms with van der Waals surface area (Å²) in [7, 11) is 0. The van der Waals surface area contributed by atoms with Crippen LogP contribution in [0.1, 0.15) is 186 Å². The van der Waals surface area contributed by atoms with E-state index in [2.05, 4.69) is 132 Å². The number of hydrogen-bond donors (Lipinski definition) is 0. The van der Waals surface area contributed by atoms with Gasteiger partial charge in [0.05, 0.1) is 0 Å². The van der Waals surface area contributed by atoms with Crippen molar-refractivity contribution in [1.82, 2.24) is 0 Å². The zero-order chi connectivity index (χ0) is 35.9. The molecule has 8 atom stereocenters. The Morgan fingerprint density at radius 1 is 0.312 bits per heavy atom. The van der Waals surface area contributed by atoms with Crippen molar-refractivity contribution in [2.75, 3.05) is 0 Å². The molecule has 0 heteroatoms. The lowest BCUT2D eigenvalue weighted by atomic mass is 9.91. The van der Waals surface area contributed by atoms with Crippen LogP contribution in [0.2, 0.25) is 0 Å². The Hall–Kier alpha value is -1.56. The van der Waals surface area contributed by atoms with Gasteiger partial charge < -0.3 is 0 Å². The highest BCUT2D eigenvalue weighted by Gasteiger charge is 2.09. The minimum Gasteiger partial charge on any atom is -0.0854 e. The quantitative estimate of drug-likeness (QED) is 0.227. The van der Waals surface area contributed by atoms with E-state index in [1.807, 2.05) is 0 Å². The van der Waals surface area contributed by atoms with Crippen LogP contribution in [0.15, 0.2) is 70.9 Å². The van der Waals surface area contributed by atoms with Crippen LogP contribution in [-0.4, -0.2) is 0 Å². The molecule has 0 bridgehead atoms. The largest absolute Gasteiger partial charge is 0.0854 e. The maximum Gasteiger partial charge on any atom is -0.0262 e. The van der Waals surface area contributed by atoms with Crippen molar-refractivity contribution in [3.8, 4) is 0 Å². The smallest absolute Gasteiger partial charge is 0.0262 e. The molecule has 0 aliphatic heterocycles. The summed E-state index contributed by atoms with van der Waals surface area (Å²) in [5.74, 6) is 7.13. The molecule has 0 N–H and O–H groups in total. The van der Waals surface area contributed by atoms with Crippen molar-refractivity contribution in [2.24, 2.45) is 47.3 Å². The molecule has 6 rings (SSSR count). The Morgan fingerprint density at radius 2 is 0.500 bits per heavy atom. The molecule has 6 aliphatic carbocycles. The molecule has 0 saturated carbocycles. The molecule has 0 nitrogen and oxygen atoms in total. The van der Waals surface area contributed by atoms with Crippen molar-refractivity contribution in [1.29, 1.82) is 0 Å². The third-order valence-corrected chi connectivity index (χ3v) is 11.3. The monoisotopic (exact) mass is 661 g/mol. The van der Waals surface area contributed by atoms with Crippen LogP contribution in [0.25, 0.3) is 0 Å². The molecule has 0 heterocycles. The van der Waals surface area contributed by atoms with Crippen LogP contribution in [0.4, 0.5) is 0 Å². The molecule has 6 aliphatic rings. The van der Waals surface area contributed by atoms with E-state index in [1.165, 1.54) is 103 Å². The summed E-state index contributed by atoms with van der Waals surface area (Å²) in [6.07, 6.45) is 40.5. The predicted octanol–water partition coefficient (Wildman–Crippen LogP) is 16.2. The summed E-state index contributed by atoms with van der Waals surface area (Å²) >= 11 is 0. The number of allylic oxidation sites excluding steroid dienone is 12. The highest BCUT2D eigenvalue weighted by Crippen LogP contribution is 2.24. The van der Waals surface area contributed by atoms with Crippen LogP contribution in [0.5, 0.6) is 0 Å².